The van der Waals surface area contributed by atoms with Crippen LogP contribution in [0.4, 0.5) is 0 Å². The van der Waals surface area contributed by atoms with Crippen LogP contribution in [0.1, 0.15) is 24.9 Å². The summed E-state index contributed by atoms with van der Waals surface area (Å²) in [6.07, 6.45) is 2.59. The Kier molecular flexibility index (Phi) is 4.80. The number of hydrogen-bond acceptors (Lipinski definition) is 5. The molecule has 0 fully saturated rings. The van der Waals surface area contributed by atoms with Crippen LogP contribution < -0.4 is 11.2 Å². The van der Waals surface area contributed by atoms with E-state index in [0.29, 0.717) is 30.1 Å². The molecule has 0 spiro atoms. The number of nitrogens with zero attached hydrogens (tertiary/aromatic N) is 5. The molecule has 8 nitrogen and oxygen atoms in total. The van der Waals surface area contributed by atoms with E-state index in [-0.39, 0.29) is 12.2 Å². The standard InChI is InChI=1S/C17H21N5O3/c1-4-9-25-11-13-19-15-14(16(23)21(3)17(24)20(15)2)22(13)10-12-7-5-6-8-18-12/h5-8H,4,9-11H2,1-3H3. The van der Waals surface area contributed by atoms with E-state index in [1.54, 1.807) is 17.8 Å². The Labute approximate surface area is 144 Å². The highest BCUT2D eigenvalue weighted by Crippen LogP contribution is 2.14. The Balaban J connectivity index is 2.20. The van der Waals surface area contributed by atoms with Crippen molar-refractivity contribution in [2.45, 2.75) is 26.5 Å². The van der Waals surface area contributed by atoms with Crippen LogP contribution in [0.25, 0.3) is 11.2 Å². The molecule has 0 aliphatic heterocycles. The molecular formula is C17H21N5O3. The molecule has 0 radical (unpaired) electrons. The Bertz CT molecular complexity index is 1000. The number of aryl methyl sites for hydroxylation is 1. The molecule has 0 aliphatic carbocycles. The maximum absolute atomic E-state index is 12.7. The highest BCUT2D eigenvalue weighted by atomic mass is 16.5. The van der Waals surface area contributed by atoms with Gasteiger partial charge in [0.15, 0.2) is 11.2 Å². The SMILES string of the molecule is CCCOCc1nc2c(c(=O)n(C)c(=O)n2C)n1Cc1ccccn1. The third-order valence-electron chi connectivity index (χ3n) is 4.05. The van der Waals surface area contributed by atoms with E-state index in [4.69, 9.17) is 4.74 Å². The van der Waals surface area contributed by atoms with Gasteiger partial charge < -0.3 is 9.30 Å². The summed E-state index contributed by atoms with van der Waals surface area (Å²) < 4.78 is 9.88. The minimum Gasteiger partial charge on any atom is -0.374 e. The van der Waals surface area contributed by atoms with Gasteiger partial charge >= 0.3 is 5.69 Å². The first-order chi connectivity index (χ1) is 12.0. The van der Waals surface area contributed by atoms with Crippen molar-refractivity contribution in [1.82, 2.24) is 23.7 Å². The van der Waals surface area contributed by atoms with E-state index in [9.17, 15) is 9.59 Å². The predicted octanol–water partition coefficient (Wildman–Crippen LogP) is 0.804. The Hall–Kier alpha value is -2.74. The van der Waals surface area contributed by atoms with Crippen LogP contribution in [0.15, 0.2) is 34.0 Å². The van der Waals surface area contributed by atoms with Crippen molar-refractivity contribution in [3.8, 4) is 0 Å². The van der Waals surface area contributed by atoms with Crippen molar-refractivity contribution in [1.29, 1.82) is 0 Å². The van der Waals surface area contributed by atoms with Crippen LogP contribution in [0, 0.1) is 0 Å². The Morgan fingerprint density at radius 2 is 1.96 bits per heavy atom. The lowest BCUT2D eigenvalue weighted by Crippen LogP contribution is -2.37. The molecular weight excluding hydrogens is 322 g/mol. The smallest absolute Gasteiger partial charge is 0.332 e. The number of aromatic nitrogens is 5. The third kappa shape index (κ3) is 3.12. The molecule has 0 saturated carbocycles. The van der Waals surface area contributed by atoms with Gasteiger partial charge in [0.1, 0.15) is 12.4 Å². The van der Waals surface area contributed by atoms with Crippen LogP contribution in [0.5, 0.6) is 0 Å². The molecule has 25 heavy (non-hydrogen) atoms. The van der Waals surface area contributed by atoms with Gasteiger partial charge in [-0.1, -0.05) is 13.0 Å². The fourth-order valence-electron chi connectivity index (χ4n) is 2.73. The van der Waals surface area contributed by atoms with Gasteiger partial charge in [0, 0.05) is 26.9 Å². The molecule has 3 rings (SSSR count). The fourth-order valence-corrected chi connectivity index (χ4v) is 2.73. The number of imidazole rings is 1. The summed E-state index contributed by atoms with van der Waals surface area (Å²) in [6, 6.07) is 5.61. The van der Waals surface area contributed by atoms with Gasteiger partial charge in [-0.3, -0.25) is 18.9 Å². The zero-order chi connectivity index (χ0) is 18.0. The van der Waals surface area contributed by atoms with Crippen molar-refractivity contribution in [3.63, 3.8) is 0 Å². The zero-order valence-electron chi connectivity index (χ0n) is 14.6. The van der Waals surface area contributed by atoms with Gasteiger partial charge in [0.2, 0.25) is 0 Å². The first-order valence-electron chi connectivity index (χ1n) is 8.17. The summed E-state index contributed by atoms with van der Waals surface area (Å²) in [4.78, 5) is 33.7. The second-order valence-corrected chi connectivity index (χ2v) is 5.87. The highest BCUT2D eigenvalue weighted by Gasteiger charge is 2.19. The van der Waals surface area contributed by atoms with Crippen molar-refractivity contribution in [3.05, 3.63) is 56.8 Å². The first kappa shape index (κ1) is 17.1. The van der Waals surface area contributed by atoms with Gasteiger partial charge in [-0.2, -0.15) is 0 Å². The number of ether oxygens (including phenoxy) is 1. The fraction of sp³-hybridized carbons (Fsp3) is 0.412. The summed E-state index contributed by atoms with van der Waals surface area (Å²) in [7, 11) is 3.08. The maximum Gasteiger partial charge on any atom is 0.332 e. The lowest BCUT2D eigenvalue weighted by Gasteiger charge is -2.09. The average Bonchev–Trinajstić information content (AvgIpc) is 2.98. The lowest BCUT2D eigenvalue weighted by atomic mass is 10.3. The molecule has 3 aromatic heterocycles. The Morgan fingerprint density at radius 1 is 1.16 bits per heavy atom. The molecule has 0 bridgehead atoms. The van der Waals surface area contributed by atoms with Crippen molar-refractivity contribution in [2.75, 3.05) is 6.61 Å². The number of fused-ring (bicyclic) bond motifs is 1. The van der Waals surface area contributed by atoms with E-state index >= 15 is 0 Å². The quantitative estimate of drug-likeness (QED) is 0.618. The van der Waals surface area contributed by atoms with Crippen LogP contribution >= 0.6 is 0 Å². The molecule has 0 aliphatic rings. The van der Waals surface area contributed by atoms with Crippen molar-refractivity contribution in [2.24, 2.45) is 14.1 Å². The number of hydrogen-bond donors (Lipinski definition) is 0. The molecule has 3 aromatic rings. The molecule has 0 aromatic carbocycles. The Morgan fingerprint density at radius 3 is 2.64 bits per heavy atom. The molecule has 8 heteroatoms. The summed E-state index contributed by atoms with van der Waals surface area (Å²) in [5.41, 5.74) is 0.767. The predicted molar refractivity (Wildman–Crippen MR) is 93.5 cm³/mol. The third-order valence-corrected chi connectivity index (χ3v) is 4.05. The summed E-state index contributed by atoms with van der Waals surface area (Å²) >= 11 is 0. The normalized spacial score (nSPS) is 11.3. The lowest BCUT2D eigenvalue weighted by molar-refractivity contribution is 0.114. The van der Waals surface area contributed by atoms with Gasteiger partial charge in [-0.15, -0.1) is 0 Å². The van der Waals surface area contributed by atoms with Crippen LogP contribution in [0.3, 0.4) is 0 Å². The maximum atomic E-state index is 12.7. The minimum absolute atomic E-state index is 0.271. The number of pyridine rings is 1. The average molecular weight is 343 g/mol. The summed E-state index contributed by atoms with van der Waals surface area (Å²) in [5, 5.41) is 0. The highest BCUT2D eigenvalue weighted by molar-refractivity contribution is 5.71. The molecule has 0 unspecified atom stereocenters. The van der Waals surface area contributed by atoms with E-state index in [0.717, 1.165) is 16.7 Å². The first-order valence-corrected chi connectivity index (χ1v) is 8.17. The summed E-state index contributed by atoms with van der Waals surface area (Å²) in [5.74, 6) is 0.604. The van der Waals surface area contributed by atoms with Crippen molar-refractivity contribution >= 4 is 11.2 Å². The van der Waals surface area contributed by atoms with Gasteiger partial charge in [0.25, 0.3) is 5.56 Å². The van der Waals surface area contributed by atoms with E-state index < -0.39 is 5.69 Å². The molecule has 0 saturated heterocycles. The molecule has 132 valence electrons. The van der Waals surface area contributed by atoms with Crippen LogP contribution in [-0.2, 0) is 32.0 Å². The van der Waals surface area contributed by atoms with E-state index in [2.05, 4.69) is 9.97 Å². The van der Waals surface area contributed by atoms with E-state index in [1.165, 1.54) is 11.6 Å². The molecule has 0 atom stereocenters. The monoisotopic (exact) mass is 343 g/mol. The largest absolute Gasteiger partial charge is 0.374 e. The molecule has 0 amide bonds. The second-order valence-electron chi connectivity index (χ2n) is 5.87. The van der Waals surface area contributed by atoms with E-state index in [1.807, 2.05) is 25.1 Å². The number of rotatable bonds is 6. The van der Waals surface area contributed by atoms with Gasteiger partial charge in [-0.25, -0.2) is 9.78 Å². The summed E-state index contributed by atoms with van der Waals surface area (Å²) in [6.45, 7) is 3.28. The van der Waals surface area contributed by atoms with Gasteiger partial charge in [-0.05, 0) is 18.6 Å². The zero-order valence-corrected chi connectivity index (χ0v) is 14.6. The second kappa shape index (κ2) is 7.02. The molecule has 0 N–H and O–H groups in total. The topological polar surface area (TPSA) is 83.9 Å². The van der Waals surface area contributed by atoms with Crippen LogP contribution in [0.2, 0.25) is 0 Å². The van der Waals surface area contributed by atoms with Gasteiger partial charge in [0.05, 0.1) is 12.2 Å². The minimum atomic E-state index is -0.402. The molecule has 3 heterocycles. The van der Waals surface area contributed by atoms with Crippen molar-refractivity contribution < 1.29 is 4.74 Å². The van der Waals surface area contributed by atoms with Crippen LogP contribution in [-0.4, -0.2) is 30.3 Å².